The van der Waals surface area contributed by atoms with Crippen LogP contribution in [0.5, 0.6) is 0 Å². The number of halogens is 1. The van der Waals surface area contributed by atoms with Crippen LogP contribution in [0.1, 0.15) is 49.3 Å². The molecule has 1 saturated heterocycles. The SMILES string of the molecule is O=C(NCc1cccnc1N1CCCCCCC1)[C@@H](O)c1ccc(F)cc1. The van der Waals surface area contributed by atoms with E-state index in [0.717, 1.165) is 37.3 Å². The van der Waals surface area contributed by atoms with E-state index in [0.29, 0.717) is 5.56 Å². The summed E-state index contributed by atoms with van der Waals surface area (Å²) in [5.74, 6) is -0.0142. The van der Waals surface area contributed by atoms with E-state index in [1.165, 1.54) is 43.5 Å². The molecule has 1 atom stereocenters. The van der Waals surface area contributed by atoms with E-state index in [2.05, 4.69) is 15.2 Å². The molecule has 2 N–H and O–H groups in total. The van der Waals surface area contributed by atoms with E-state index in [-0.39, 0.29) is 6.54 Å². The molecule has 1 aliphatic heterocycles. The van der Waals surface area contributed by atoms with Crippen LogP contribution in [0.25, 0.3) is 0 Å². The van der Waals surface area contributed by atoms with Crippen LogP contribution in [0, 0.1) is 5.82 Å². The van der Waals surface area contributed by atoms with E-state index in [1.54, 1.807) is 6.20 Å². The van der Waals surface area contributed by atoms with Crippen molar-refractivity contribution >= 4 is 11.7 Å². The van der Waals surface area contributed by atoms with Crippen LogP contribution >= 0.6 is 0 Å². The van der Waals surface area contributed by atoms with Crippen LogP contribution in [-0.4, -0.2) is 29.1 Å². The smallest absolute Gasteiger partial charge is 0.253 e. The summed E-state index contributed by atoms with van der Waals surface area (Å²) in [5.41, 5.74) is 1.29. The van der Waals surface area contributed by atoms with Gasteiger partial charge in [0.1, 0.15) is 11.6 Å². The van der Waals surface area contributed by atoms with Crippen LogP contribution < -0.4 is 10.2 Å². The maximum atomic E-state index is 13.0. The van der Waals surface area contributed by atoms with Gasteiger partial charge < -0.3 is 15.3 Å². The van der Waals surface area contributed by atoms with Gasteiger partial charge in [-0.05, 0) is 36.6 Å². The van der Waals surface area contributed by atoms with Gasteiger partial charge in [0.15, 0.2) is 6.10 Å². The number of carbonyl (C=O) groups is 1. The lowest BCUT2D eigenvalue weighted by atomic mass is 10.1. The molecule has 6 heteroatoms. The first kappa shape index (κ1) is 19.3. The maximum Gasteiger partial charge on any atom is 0.253 e. The van der Waals surface area contributed by atoms with Gasteiger partial charge in [-0.15, -0.1) is 0 Å². The lowest BCUT2D eigenvalue weighted by molar-refractivity contribution is -0.129. The zero-order valence-electron chi connectivity index (χ0n) is 15.4. The Labute approximate surface area is 159 Å². The summed E-state index contributed by atoms with van der Waals surface area (Å²) in [6, 6.07) is 9.08. The number of aliphatic hydroxyl groups is 1. The van der Waals surface area contributed by atoms with Gasteiger partial charge in [-0.2, -0.15) is 0 Å². The minimum atomic E-state index is -1.33. The molecule has 2 heterocycles. The topological polar surface area (TPSA) is 65.5 Å². The average molecular weight is 371 g/mol. The Kier molecular flexibility index (Phi) is 6.76. The Balaban J connectivity index is 1.65. The van der Waals surface area contributed by atoms with E-state index in [9.17, 15) is 14.3 Å². The van der Waals surface area contributed by atoms with Gasteiger partial charge in [0, 0.05) is 31.4 Å². The van der Waals surface area contributed by atoms with Crippen molar-refractivity contribution in [3.8, 4) is 0 Å². The van der Waals surface area contributed by atoms with Crippen molar-refractivity contribution < 1.29 is 14.3 Å². The van der Waals surface area contributed by atoms with Crippen molar-refractivity contribution in [1.82, 2.24) is 10.3 Å². The number of aliphatic hydroxyl groups excluding tert-OH is 1. The second-order valence-corrected chi connectivity index (χ2v) is 6.91. The quantitative estimate of drug-likeness (QED) is 0.846. The van der Waals surface area contributed by atoms with Crippen molar-refractivity contribution in [1.29, 1.82) is 0 Å². The lowest BCUT2D eigenvalue weighted by Crippen LogP contribution is -2.32. The molecule has 0 spiro atoms. The highest BCUT2D eigenvalue weighted by Crippen LogP contribution is 2.21. The fourth-order valence-corrected chi connectivity index (χ4v) is 3.39. The van der Waals surface area contributed by atoms with E-state index < -0.39 is 17.8 Å². The molecule has 0 aliphatic carbocycles. The van der Waals surface area contributed by atoms with E-state index in [4.69, 9.17) is 0 Å². The summed E-state index contributed by atoms with van der Waals surface area (Å²) in [5, 5.41) is 13.0. The standard InChI is InChI=1S/C21H26FN3O2/c22-18-10-8-16(9-11-18)19(26)21(27)24-15-17-7-6-12-23-20(17)25-13-4-2-1-3-5-14-25/h6-12,19,26H,1-5,13-15H2,(H,24,27)/t19-/m0/s1. The molecule has 5 nitrogen and oxygen atoms in total. The predicted molar refractivity (Wildman–Crippen MR) is 103 cm³/mol. The highest BCUT2D eigenvalue weighted by atomic mass is 19.1. The van der Waals surface area contributed by atoms with Crippen molar-refractivity contribution in [2.75, 3.05) is 18.0 Å². The summed E-state index contributed by atoms with van der Waals surface area (Å²) < 4.78 is 13.0. The summed E-state index contributed by atoms with van der Waals surface area (Å²) >= 11 is 0. The summed E-state index contributed by atoms with van der Waals surface area (Å²) in [4.78, 5) is 19.1. The number of nitrogens with one attached hydrogen (secondary N) is 1. The number of nitrogens with zero attached hydrogens (tertiary/aromatic N) is 2. The van der Waals surface area contributed by atoms with Crippen molar-refractivity contribution in [3.63, 3.8) is 0 Å². The molecule has 1 aliphatic rings. The lowest BCUT2D eigenvalue weighted by Gasteiger charge is -2.27. The number of benzene rings is 1. The van der Waals surface area contributed by atoms with Crippen LogP contribution in [0.15, 0.2) is 42.6 Å². The second-order valence-electron chi connectivity index (χ2n) is 6.91. The average Bonchev–Trinajstić information content (AvgIpc) is 2.66. The predicted octanol–water partition coefficient (Wildman–Crippen LogP) is 3.34. The second kappa shape index (κ2) is 9.46. The zero-order valence-corrected chi connectivity index (χ0v) is 15.4. The first-order chi connectivity index (χ1) is 13.1. The van der Waals surface area contributed by atoms with Gasteiger partial charge in [0.05, 0.1) is 0 Å². The molecule has 0 radical (unpaired) electrons. The molecule has 1 amide bonds. The molecular formula is C21H26FN3O2. The molecule has 1 aromatic heterocycles. The normalized spacial score (nSPS) is 16.3. The maximum absolute atomic E-state index is 13.0. The molecule has 3 rings (SSSR count). The number of carbonyl (C=O) groups excluding carboxylic acids is 1. The molecule has 1 fully saturated rings. The third-order valence-corrected chi connectivity index (χ3v) is 4.91. The minimum absolute atomic E-state index is 0.288. The van der Waals surface area contributed by atoms with Gasteiger partial charge in [-0.3, -0.25) is 4.79 Å². The fraction of sp³-hybridized carbons (Fsp3) is 0.429. The van der Waals surface area contributed by atoms with E-state index in [1.807, 2.05) is 12.1 Å². The number of amides is 1. The minimum Gasteiger partial charge on any atom is -0.378 e. The van der Waals surface area contributed by atoms with Crippen LogP contribution in [0.4, 0.5) is 10.2 Å². The molecular weight excluding hydrogens is 345 g/mol. The number of hydrogen-bond acceptors (Lipinski definition) is 4. The summed E-state index contributed by atoms with van der Waals surface area (Å²) in [6.07, 6.45) is 6.50. The molecule has 1 aromatic carbocycles. The molecule has 144 valence electrons. The first-order valence-electron chi connectivity index (χ1n) is 9.55. The van der Waals surface area contributed by atoms with Gasteiger partial charge in [0.2, 0.25) is 0 Å². The molecule has 0 bridgehead atoms. The Morgan fingerprint density at radius 2 is 1.78 bits per heavy atom. The Morgan fingerprint density at radius 1 is 1.11 bits per heavy atom. The fourth-order valence-electron chi connectivity index (χ4n) is 3.39. The number of rotatable bonds is 5. The van der Waals surface area contributed by atoms with Gasteiger partial charge in [0.25, 0.3) is 5.91 Å². The number of anilines is 1. The molecule has 2 aromatic rings. The van der Waals surface area contributed by atoms with Crippen molar-refractivity contribution in [2.45, 2.75) is 44.8 Å². The van der Waals surface area contributed by atoms with Crippen LogP contribution in [0.3, 0.4) is 0 Å². The van der Waals surface area contributed by atoms with E-state index >= 15 is 0 Å². The number of aromatic nitrogens is 1. The van der Waals surface area contributed by atoms with Gasteiger partial charge in [-0.1, -0.05) is 37.5 Å². The number of hydrogen-bond donors (Lipinski definition) is 2. The van der Waals surface area contributed by atoms with Crippen LogP contribution in [-0.2, 0) is 11.3 Å². The Bertz CT molecular complexity index is 743. The van der Waals surface area contributed by atoms with Crippen LogP contribution in [0.2, 0.25) is 0 Å². The van der Waals surface area contributed by atoms with Gasteiger partial charge in [-0.25, -0.2) is 9.37 Å². The van der Waals surface area contributed by atoms with Gasteiger partial charge >= 0.3 is 0 Å². The Morgan fingerprint density at radius 3 is 2.48 bits per heavy atom. The molecule has 27 heavy (non-hydrogen) atoms. The largest absolute Gasteiger partial charge is 0.378 e. The molecule has 0 saturated carbocycles. The monoisotopic (exact) mass is 371 g/mol. The molecule has 0 unspecified atom stereocenters. The highest BCUT2D eigenvalue weighted by molar-refractivity contribution is 5.82. The van der Waals surface area contributed by atoms with Crippen molar-refractivity contribution in [3.05, 3.63) is 59.5 Å². The highest BCUT2D eigenvalue weighted by Gasteiger charge is 2.19. The number of pyridine rings is 1. The third kappa shape index (κ3) is 5.26. The summed E-state index contributed by atoms with van der Waals surface area (Å²) in [6.45, 7) is 2.23. The van der Waals surface area contributed by atoms with Crippen molar-refractivity contribution in [2.24, 2.45) is 0 Å². The Hall–Kier alpha value is -2.47. The first-order valence-corrected chi connectivity index (χ1v) is 9.55. The zero-order chi connectivity index (χ0) is 19.1. The summed E-state index contributed by atoms with van der Waals surface area (Å²) in [7, 11) is 0. The third-order valence-electron chi connectivity index (χ3n) is 4.91.